The van der Waals surface area contributed by atoms with Crippen LogP contribution in [0.4, 0.5) is 18.9 Å². The highest BCUT2D eigenvalue weighted by molar-refractivity contribution is 7.12. The molecule has 0 spiro atoms. The molecule has 4 rings (SSSR count). The van der Waals surface area contributed by atoms with Crippen LogP contribution in [0.5, 0.6) is 0 Å². The summed E-state index contributed by atoms with van der Waals surface area (Å²) in [4.78, 5) is 12.5. The SMILES string of the molecule is Cc1csc(C2=NCc3cc(F)c([C@@]4(C)N=C(N)OCC4(F)F)cc3N2)n1. The number of nitrogens with zero attached hydrogens (tertiary/aromatic N) is 3. The lowest BCUT2D eigenvalue weighted by Crippen LogP contribution is -2.51. The molecule has 0 saturated heterocycles. The molecule has 0 aliphatic carbocycles. The number of halogens is 3. The average molecular weight is 395 g/mol. The second-order valence-corrected chi connectivity index (χ2v) is 7.45. The number of aliphatic imine (C=N–C) groups is 2. The van der Waals surface area contributed by atoms with Gasteiger partial charge in [0.2, 0.25) is 0 Å². The summed E-state index contributed by atoms with van der Waals surface area (Å²) in [7, 11) is 0. The van der Waals surface area contributed by atoms with Gasteiger partial charge in [-0.3, -0.25) is 4.99 Å². The smallest absolute Gasteiger partial charge is 0.310 e. The van der Waals surface area contributed by atoms with E-state index < -0.39 is 29.9 Å². The molecule has 1 aromatic carbocycles. The van der Waals surface area contributed by atoms with Crippen molar-refractivity contribution in [3.05, 3.63) is 45.2 Å². The van der Waals surface area contributed by atoms with Gasteiger partial charge in [0, 0.05) is 27.9 Å². The van der Waals surface area contributed by atoms with E-state index in [1.807, 2.05) is 12.3 Å². The highest BCUT2D eigenvalue weighted by Crippen LogP contribution is 2.45. The Hall–Kier alpha value is -2.62. The third-order valence-electron chi connectivity index (χ3n) is 4.65. The molecule has 0 amide bonds. The van der Waals surface area contributed by atoms with Crippen molar-refractivity contribution in [2.45, 2.75) is 31.9 Å². The maximum atomic E-state index is 14.7. The van der Waals surface area contributed by atoms with Crippen LogP contribution in [0.15, 0.2) is 27.5 Å². The number of benzene rings is 1. The minimum absolute atomic E-state index is 0.217. The second kappa shape index (κ2) is 5.95. The molecule has 142 valence electrons. The fourth-order valence-electron chi connectivity index (χ4n) is 3.05. The first-order chi connectivity index (χ1) is 12.7. The molecule has 27 heavy (non-hydrogen) atoms. The van der Waals surface area contributed by atoms with Crippen molar-refractivity contribution in [1.29, 1.82) is 0 Å². The number of nitrogens with two attached hydrogens (primary N) is 1. The van der Waals surface area contributed by atoms with Gasteiger partial charge in [0.25, 0.3) is 6.02 Å². The maximum Gasteiger partial charge on any atom is 0.310 e. The van der Waals surface area contributed by atoms with Gasteiger partial charge in [-0.15, -0.1) is 11.3 Å². The molecule has 0 radical (unpaired) electrons. The predicted molar refractivity (Wildman–Crippen MR) is 97.0 cm³/mol. The Balaban J connectivity index is 1.77. The number of fused-ring (bicyclic) bond motifs is 1. The van der Waals surface area contributed by atoms with E-state index in [2.05, 4.69) is 25.0 Å². The van der Waals surface area contributed by atoms with E-state index >= 15 is 0 Å². The monoisotopic (exact) mass is 395 g/mol. The summed E-state index contributed by atoms with van der Waals surface area (Å²) in [6.45, 7) is 2.26. The van der Waals surface area contributed by atoms with Crippen LogP contribution in [0.3, 0.4) is 0 Å². The number of alkyl halides is 2. The Morgan fingerprint density at radius 3 is 2.81 bits per heavy atom. The lowest BCUT2D eigenvalue weighted by molar-refractivity contribution is -0.117. The third-order valence-corrected chi connectivity index (χ3v) is 5.61. The number of nitrogens with one attached hydrogen (secondary N) is 1. The summed E-state index contributed by atoms with van der Waals surface area (Å²) in [6, 6.07) is 2.15. The highest BCUT2D eigenvalue weighted by atomic mass is 32.1. The van der Waals surface area contributed by atoms with Crippen LogP contribution in [-0.4, -0.2) is 29.4 Å². The summed E-state index contributed by atoms with van der Waals surface area (Å²) in [5, 5.41) is 5.62. The van der Waals surface area contributed by atoms with Crippen LogP contribution >= 0.6 is 11.3 Å². The zero-order chi connectivity index (χ0) is 19.4. The predicted octanol–water partition coefficient (Wildman–Crippen LogP) is 3.16. The van der Waals surface area contributed by atoms with Gasteiger partial charge in [-0.25, -0.2) is 14.4 Å². The van der Waals surface area contributed by atoms with Gasteiger partial charge < -0.3 is 15.8 Å². The Kier molecular flexibility index (Phi) is 3.91. The van der Waals surface area contributed by atoms with E-state index in [0.29, 0.717) is 22.1 Å². The number of anilines is 1. The zero-order valence-electron chi connectivity index (χ0n) is 14.5. The van der Waals surface area contributed by atoms with Gasteiger partial charge in [-0.2, -0.15) is 8.78 Å². The van der Waals surface area contributed by atoms with Crippen LogP contribution in [0.1, 0.15) is 28.8 Å². The maximum absolute atomic E-state index is 14.7. The molecule has 0 fully saturated rings. The molecule has 0 unspecified atom stereocenters. The number of hydrogen-bond acceptors (Lipinski definition) is 7. The first-order valence-corrected chi connectivity index (χ1v) is 9.00. The number of aromatic nitrogens is 1. The molecular weight excluding hydrogens is 379 g/mol. The van der Waals surface area contributed by atoms with Gasteiger partial charge in [-0.05, 0) is 26.0 Å². The molecule has 1 aromatic heterocycles. The summed E-state index contributed by atoms with van der Waals surface area (Å²) >= 11 is 1.41. The molecule has 2 aliphatic rings. The number of amidine groups is 2. The lowest BCUT2D eigenvalue weighted by Gasteiger charge is -2.38. The number of aryl methyl sites for hydroxylation is 1. The van der Waals surface area contributed by atoms with E-state index in [9.17, 15) is 13.2 Å². The Bertz CT molecular complexity index is 987. The van der Waals surface area contributed by atoms with Gasteiger partial charge >= 0.3 is 5.92 Å². The summed E-state index contributed by atoms with van der Waals surface area (Å²) < 4.78 is 48.5. The topological polar surface area (TPSA) is 84.9 Å². The van der Waals surface area contributed by atoms with E-state index in [-0.39, 0.29) is 12.1 Å². The van der Waals surface area contributed by atoms with E-state index in [4.69, 9.17) is 5.73 Å². The fourth-order valence-corrected chi connectivity index (χ4v) is 3.81. The van der Waals surface area contributed by atoms with Crippen LogP contribution in [-0.2, 0) is 16.8 Å². The minimum atomic E-state index is -3.43. The van der Waals surface area contributed by atoms with E-state index in [1.54, 1.807) is 0 Å². The highest BCUT2D eigenvalue weighted by Gasteiger charge is 2.56. The number of hydrogen-bond donors (Lipinski definition) is 2. The Morgan fingerprint density at radius 1 is 1.33 bits per heavy atom. The first kappa shape index (κ1) is 17.8. The molecule has 2 aromatic rings. The van der Waals surface area contributed by atoms with Gasteiger partial charge in [0.15, 0.2) is 23.0 Å². The van der Waals surface area contributed by atoms with Crippen molar-refractivity contribution in [1.82, 2.24) is 4.98 Å². The number of ether oxygens (including phenoxy) is 1. The number of rotatable bonds is 2. The number of thiazole rings is 1. The largest absolute Gasteiger partial charge is 0.459 e. The van der Waals surface area contributed by atoms with Crippen LogP contribution in [0.2, 0.25) is 0 Å². The van der Waals surface area contributed by atoms with Crippen LogP contribution < -0.4 is 11.1 Å². The molecule has 6 nitrogen and oxygen atoms in total. The Morgan fingerprint density at radius 2 is 2.11 bits per heavy atom. The van der Waals surface area contributed by atoms with Crippen molar-refractivity contribution >= 4 is 28.9 Å². The molecule has 0 saturated carbocycles. The molecule has 10 heteroatoms. The van der Waals surface area contributed by atoms with Crippen molar-refractivity contribution < 1.29 is 17.9 Å². The zero-order valence-corrected chi connectivity index (χ0v) is 15.3. The van der Waals surface area contributed by atoms with Gasteiger partial charge in [-0.1, -0.05) is 0 Å². The van der Waals surface area contributed by atoms with E-state index in [1.165, 1.54) is 23.5 Å². The van der Waals surface area contributed by atoms with Crippen LogP contribution in [0, 0.1) is 12.7 Å². The molecule has 3 heterocycles. The molecule has 2 aliphatic heterocycles. The van der Waals surface area contributed by atoms with Crippen molar-refractivity contribution in [3.8, 4) is 0 Å². The third kappa shape index (κ3) is 2.84. The molecule has 0 bridgehead atoms. The summed E-state index contributed by atoms with van der Waals surface area (Å²) in [5.41, 5.74) is 4.95. The average Bonchev–Trinajstić information content (AvgIpc) is 3.04. The molecular formula is C17H16F3N5OS. The summed E-state index contributed by atoms with van der Waals surface area (Å²) in [5.74, 6) is -3.70. The van der Waals surface area contributed by atoms with Crippen molar-refractivity contribution in [2.75, 3.05) is 11.9 Å². The quantitative estimate of drug-likeness (QED) is 0.818. The van der Waals surface area contributed by atoms with Gasteiger partial charge in [0.05, 0.1) is 6.54 Å². The normalized spacial score (nSPS) is 23.6. The summed E-state index contributed by atoms with van der Waals surface area (Å²) in [6.07, 6.45) is 0. The van der Waals surface area contributed by atoms with Crippen LogP contribution in [0.25, 0.3) is 0 Å². The fraction of sp³-hybridized carbons (Fsp3) is 0.353. The Labute approximate surface area is 157 Å². The lowest BCUT2D eigenvalue weighted by atomic mass is 9.84. The van der Waals surface area contributed by atoms with Gasteiger partial charge in [0.1, 0.15) is 5.82 Å². The second-order valence-electron chi connectivity index (χ2n) is 6.59. The van der Waals surface area contributed by atoms with E-state index in [0.717, 1.165) is 12.6 Å². The van der Waals surface area contributed by atoms with Crippen molar-refractivity contribution in [2.24, 2.45) is 15.7 Å². The molecule has 1 atom stereocenters. The first-order valence-electron chi connectivity index (χ1n) is 8.12. The minimum Gasteiger partial charge on any atom is -0.459 e. The molecule has 3 N–H and O–H groups in total. The van der Waals surface area contributed by atoms with Crippen molar-refractivity contribution in [3.63, 3.8) is 0 Å². The standard InChI is InChI=1S/C17H16F3N5OS/c1-8-6-27-14(23-8)13-22-5-9-3-11(18)10(4-12(9)24-13)16(2)17(19,20)7-26-15(21)25-16/h3-4,6H,5,7H2,1-2H3,(H2,21,25)(H,22,24)/t16-/m1/s1.